The summed E-state index contributed by atoms with van der Waals surface area (Å²) < 4.78 is 5.53. The highest BCUT2D eigenvalue weighted by Gasteiger charge is 2.04. The summed E-state index contributed by atoms with van der Waals surface area (Å²) in [4.78, 5) is 0. The quantitative estimate of drug-likeness (QED) is 0.444. The maximum absolute atomic E-state index is 5.53. The molecule has 0 rings (SSSR count). The SMILES string of the molecule is CCCCOCCC(CBr)CCC. The van der Waals surface area contributed by atoms with Gasteiger partial charge in [-0.05, 0) is 25.2 Å². The van der Waals surface area contributed by atoms with E-state index in [0.29, 0.717) is 0 Å². The molecule has 1 unspecified atom stereocenters. The summed E-state index contributed by atoms with van der Waals surface area (Å²) in [5.41, 5.74) is 0. The topological polar surface area (TPSA) is 9.23 Å². The molecule has 1 atom stereocenters. The molecule has 0 saturated heterocycles. The fraction of sp³-hybridized carbons (Fsp3) is 1.00. The minimum atomic E-state index is 0.812. The zero-order valence-electron chi connectivity index (χ0n) is 9.02. The van der Waals surface area contributed by atoms with Gasteiger partial charge < -0.3 is 4.74 Å². The largest absolute Gasteiger partial charge is 0.381 e. The van der Waals surface area contributed by atoms with Crippen molar-refractivity contribution in [3.63, 3.8) is 0 Å². The van der Waals surface area contributed by atoms with Gasteiger partial charge in [-0.2, -0.15) is 0 Å². The Morgan fingerprint density at radius 1 is 1.08 bits per heavy atom. The van der Waals surface area contributed by atoms with E-state index < -0.39 is 0 Å². The Labute approximate surface area is 91.4 Å². The highest BCUT2D eigenvalue weighted by Crippen LogP contribution is 2.13. The Morgan fingerprint density at radius 2 is 1.85 bits per heavy atom. The first-order valence-electron chi connectivity index (χ1n) is 5.48. The lowest BCUT2D eigenvalue weighted by Crippen LogP contribution is -2.07. The molecule has 2 heteroatoms. The fourth-order valence-corrected chi connectivity index (χ4v) is 1.95. The molecule has 80 valence electrons. The molecule has 0 aromatic heterocycles. The van der Waals surface area contributed by atoms with Crippen LogP contribution in [-0.2, 0) is 4.74 Å². The Hall–Kier alpha value is 0.440. The van der Waals surface area contributed by atoms with Crippen molar-refractivity contribution in [1.82, 2.24) is 0 Å². The second-order valence-corrected chi connectivity index (χ2v) is 4.21. The summed E-state index contributed by atoms with van der Waals surface area (Å²) >= 11 is 3.54. The smallest absolute Gasteiger partial charge is 0.0468 e. The van der Waals surface area contributed by atoms with Crippen molar-refractivity contribution in [3.05, 3.63) is 0 Å². The molecule has 0 aliphatic carbocycles. The van der Waals surface area contributed by atoms with Crippen molar-refractivity contribution in [2.45, 2.75) is 46.0 Å². The monoisotopic (exact) mass is 250 g/mol. The van der Waals surface area contributed by atoms with Gasteiger partial charge in [-0.15, -0.1) is 0 Å². The Kier molecular flexibility index (Phi) is 10.9. The maximum atomic E-state index is 5.53. The van der Waals surface area contributed by atoms with Gasteiger partial charge in [-0.25, -0.2) is 0 Å². The van der Waals surface area contributed by atoms with Gasteiger partial charge in [0.2, 0.25) is 0 Å². The highest BCUT2D eigenvalue weighted by molar-refractivity contribution is 9.09. The lowest BCUT2D eigenvalue weighted by Gasteiger charge is -2.12. The Morgan fingerprint density at radius 3 is 2.38 bits per heavy atom. The van der Waals surface area contributed by atoms with Crippen molar-refractivity contribution in [3.8, 4) is 0 Å². The minimum absolute atomic E-state index is 0.812. The van der Waals surface area contributed by atoms with E-state index in [-0.39, 0.29) is 0 Å². The molecule has 0 radical (unpaired) electrons. The second kappa shape index (κ2) is 10.5. The summed E-state index contributed by atoms with van der Waals surface area (Å²) in [5, 5.41) is 1.12. The van der Waals surface area contributed by atoms with Gasteiger partial charge in [-0.1, -0.05) is 42.6 Å². The molecule has 0 N–H and O–H groups in total. The molecule has 0 fully saturated rings. The molecule has 0 aromatic carbocycles. The van der Waals surface area contributed by atoms with Gasteiger partial charge in [0.15, 0.2) is 0 Å². The van der Waals surface area contributed by atoms with E-state index >= 15 is 0 Å². The zero-order valence-corrected chi connectivity index (χ0v) is 10.6. The van der Waals surface area contributed by atoms with Crippen LogP contribution < -0.4 is 0 Å². The number of rotatable bonds is 9. The number of hydrogen-bond donors (Lipinski definition) is 0. The van der Waals surface area contributed by atoms with Crippen LogP contribution in [0.3, 0.4) is 0 Å². The molecular formula is C11H23BrO. The first-order chi connectivity index (χ1) is 6.35. The summed E-state index contributed by atoms with van der Waals surface area (Å²) in [7, 11) is 0. The summed E-state index contributed by atoms with van der Waals surface area (Å²) in [6.07, 6.45) is 6.25. The molecule has 0 amide bonds. The van der Waals surface area contributed by atoms with Crippen LogP contribution in [0.4, 0.5) is 0 Å². The van der Waals surface area contributed by atoms with Crippen LogP contribution in [0.15, 0.2) is 0 Å². The molecule has 0 spiro atoms. The van der Waals surface area contributed by atoms with Crippen molar-refractivity contribution >= 4 is 15.9 Å². The van der Waals surface area contributed by atoms with E-state index in [1.54, 1.807) is 0 Å². The van der Waals surface area contributed by atoms with E-state index in [0.717, 1.165) is 24.5 Å². The summed E-state index contributed by atoms with van der Waals surface area (Å²) in [5.74, 6) is 0.812. The van der Waals surface area contributed by atoms with Gasteiger partial charge in [0.05, 0.1) is 0 Å². The second-order valence-electron chi connectivity index (χ2n) is 3.56. The Balaban J connectivity index is 3.17. The van der Waals surface area contributed by atoms with Crippen molar-refractivity contribution in [2.24, 2.45) is 5.92 Å². The van der Waals surface area contributed by atoms with E-state index in [2.05, 4.69) is 29.8 Å². The van der Waals surface area contributed by atoms with Crippen LogP contribution in [0.25, 0.3) is 0 Å². The van der Waals surface area contributed by atoms with Crippen molar-refractivity contribution < 1.29 is 4.74 Å². The molecule has 0 heterocycles. The average molecular weight is 251 g/mol. The standard InChI is InChI=1S/C11H23BrO/c1-3-5-8-13-9-7-11(10-12)6-4-2/h11H,3-10H2,1-2H3. The van der Waals surface area contributed by atoms with E-state index in [1.165, 1.54) is 32.1 Å². The van der Waals surface area contributed by atoms with Crippen LogP contribution in [-0.4, -0.2) is 18.5 Å². The number of alkyl halides is 1. The molecular weight excluding hydrogens is 228 g/mol. The lowest BCUT2D eigenvalue weighted by molar-refractivity contribution is 0.118. The normalized spacial score (nSPS) is 13.2. The van der Waals surface area contributed by atoms with Gasteiger partial charge in [0, 0.05) is 18.5 Å². The summed E-state index contributed by atoms with van der Waals surface area (Å²) in [6.45, 7) is 6.32. The highest BCUT2D eigenvalue weighted by atomic mass is 79.9. The number of hydrogen-bond acceptors (Lipinski definition) is 1. The van der Waals surface area contributed by atoms with Crippen LogP contribution >= 0.6 is 15.9 Å². The third-order valence-corrected chi connectivity index (χ3v) is 3.14. The van der Waals surface area contributed by atoms with Crippen LogP contribution in [0.2, 0.25) is 0 Å². The van der Waals surface area contributed by atoms with E-state index in [9.17, 15) is 0 Å². The van der Waals surface area contributed by atoms with Gasteiger partial charge >= 0.3 is 0 Å². The zero-order chi connectivity index (χ0) is 9.94. The van der Waals surface area contributed by atoms with E-state index in [4.69, 9.17) is 4.74 Å². The van der Waals surface area contributed by atoms with E-state index in [1.807, 2.05) is 0 Å². The van der Waals surface area contributed by atoms with Crippen molar-refractivity contribution in [1.29, 1.82) is 0 Å². The molecule has 0 aliphatic rings. The van der Waals surface area contributed by atoms with Crippen LogP contribution in [0.5, 0.6) is 0 Å². The summed E-state index contributed by atoms with van der Waals surface area (Å²) in [6, 6.07) is 0. The third-order valence-electron chi connectivity index (χ3n) is 2.23. The third kappa shape index (κ3) is 8.76. The Bertz CT molecular complexity index is 96.1. The maximum Gasteiger partial charge on any atom is 0.0468 e. The molecule has 0 aromatic rings. The first kappa shape index (κ1) is 13.4. The molecule has 0 bridgehead atoms. The van der Waals surface area contributed by atoms with Gasteiger partial charge in [0.1, 0.15) is 0 Å². The van der Waals surface area contributed by atoms with Crippen molar-refractivity contribution in [2.75, 3.05) is 18.5 Å². The minimum Gasteiger partial charge on any atom is -0.381 e. The molecule has 0 aliphatic heterocycles. The van der Waals surface area contributed by atoms with Gasteiger partial charge in [-0.3, -0.25) is 0 Å². The first-order valence-corrected chi connectivity index (χ1v) is 6.61. The molecule has 1 nitrogen and oxygen atoms in total. The number of halogens is 1. The predicted molar refractivity (Wildman–Crippen MR) is 62.5 cm³/mol. The van der Waals surface area contributed by atoms with Gasteiger partial charge in [0.25, 0.3) is 0 Å². The number of ether oxygens (including phenoxy) is 1. The predicted octanol–water partition coefficient (Wildman–Crippen LogP) is 4.00. The average Bonchev–Trinajstić information content (AvgIpc) is 2.16. The van der Waals surface area contributed by atoms with Crippen LogP contribution in [0.1, 0.15) is 46.0 Å². The molecule has 0 saturated carbocycles. The van der Waals surface area contributed by atoms with Crippen LogP contribution in [0, 0.1) is 5.92 Å². The lowest BCUT2D eigenvalue weighted by atomic mass is 10.0. The molecule has 13 heavy (non-hydrogen) atoms. The fourth-order valence-electron chi connectivity index (χ4n) is 1.31. The number of unbranched alkanes of at least 4 members (excludes halogenated alkanes) is 1.